The number of nitro groups is 1. The van der Waals surface area contributed by atoms with Crippen LogP contribution in [0, 0.1) is 10.1 Å². The fraction of sp³-hybridized carbons (Fsp3) is 0.273. The van der Waals surface area contributed by atoms with Crippen LogP contribution in [0.25, 0.3) is 0 Å². The van der Waals surface area contributed by atoms with E-state index in [0.717, 1.165) is 17.1 Å². The minimum absolute atomic E-state index is 0.124. The van der Waals surface area contributed by atoms with Crippen molar-refractivity contribution >= 4 is 35.1 Å². The van der Waals surface area contributed by atoms with Gasteiger partial charge >= 0.3 is 0 Å². The molecule has 0 aliphatic heterocycles. The number of hydrogen-bond donors (Lipinski definition) is 3. The van der Waals surface area contributed by atoms with Gasteiger partial charge in [-0.05, 0) is 24.3 Å². The van der Waals surface area contributed by atoms with Gasteiger partial charge in [0.25, 0.3) is 5.69 Å². The summed E-state index contributed by atoms with van der Waals surface area (Å²) in [6, 6.07) is 4.65. The van der Waals surface area contributed by atoms with Crippen LogP contribution in [0.5, 0.6) is 0 Å². The summed E-state index contributed by atoms with van der Waals surface area (Å²) in [4.78, 5) is 18.7. The smallest absolute Gasteiger partial charge is 0.295 e. The molecule has 0 saturated carbocycles. The van der Waals surface area contributed by atoms with Crippen molar-refractivity contribution in [1.82, 2.24) is 0 Å². The summed E-state index contributed by atoms with van der Waals surface area (Å²) in [6.07, 6.45) is 0.996. The molecule has 0 spiro atoms. The van der Waals surface area contributed by atoms with Crippen LogP contribution in [0.3, 0.4) is 0 Å². The number of nitrogens with zero attached hydrogens (tertiary/aromatic N) is 3. The molecule has 0 aliphatic carbocycles. The zero-order valence-corrected chi connectivity index (χ0v) is 11.8. The highest BCUT2D eigenvalue weighted by molar-refractivity contribution is 7.99. The molecule has 6 N–H and O–H groups in total. The first-order chi connectivity index (χ1) is 9.43. The Labute approximate surface area is 120 Å². The first kappa shape index (κ1) is 15.8. The first-order valence-corrected chi connectivity index (χ1v) is 6.77. The number of nitro benzene ring substituents is 1. The molecular formula is C11H16N6O2S. The maximum Gasteiger partial charge on any atom is 0.295 e. The van der Waals surface area contributed by atoms with E-state index in [1.165, 1.54) is 6.07 Å². The van der Waals surface area contributed by atoms with Gasteiger partial charge in [-0.2, -0.15) is 4.99 Å². The van der Waals surface area contributed by atoms with Crippen molar-refractivity contribution in [3.05, 3.63) is 28.3 Å². The molecule has 0 saturated heterocycles. The first-order valence-electron chi connectivity index (χ1n) is 5.79. The third kappa shape index (κ3) is 4.76. The highest BCUT2D eigenvalue weighted by atomic mass is 32.2. The van der Waals surface area contributed by atoms with Crippen LogP contribution in [0.1, 0.15) is 13.3 Å². The Morgan fingerprint density at radius 2 is 2.10 bits per heavy atom. The Balaban J connectivity index is 3.18. The number of thioether (sulfide) groups is 1. The molecule has 20 heavy (non-hydrogen) atoms. The number of nitrogens with two attached hydrogens (primary N) is 3. The second kappa shape index (κ2) is 7.34. The molecule has 8 nitrogen and oxygen atoms in total. The summed E-state index contributed by atoms with van der Waals surface area (Å²) in [5.41, 5.74) is 15.8. The third-order valence-electron chi connectivity index (χ3n) is 2.10. The Morgan fingerprint density at radius 3 is 2.65 bits per heavy atom. The number of hydrogen-bond acceptors (Lipinski definition) is 4. The molecule has 1 aromatic carbocycles. The summed E-state index contributed by atoms with van der Waals surface area (Å²) in [5.74, 6) is 0.417. The fourth-order valence-electron chi connectivity index (χ4n) is 1.34. The maximum absolute atomic E-state index is 11.0. The molecule has 0 heterocycles. The van der Waals surface area contributed by atoms with Gasteiger partial charge in [-0.1, -0.05) is 6.92 Å². The largest absolute Gasteiger partial charge is 0.370 e. The average molecular weight is 296 g/mol. The molecule has 1 aromatic rings. The predicted molar refractivity (Wildman–Crippen MR) is 81.2 cm³/mol. The van der Waals surface area contributed by atoms with Crippen LogP contribution in [0.15, 0.2) is 33.1 Å². The van der Waals surface area contributed by atoms with E-state index in [0.29, 0.717) is 0 Å². The van der Waals surface area contributed by atoms with Crippen LogP contribution >= 0.6 is 11.8 Å². The molecular weight excluding hydrogens is 280 g/mol. The van der Waals surface area contributed by atoms with Gasteiger partial charge in [0.2, 0.25) is 5.96 Å². The summed E-state index contributed by atoms with van der Waals surface area (Å²) < 4.78 is 0. The van der Waals surface area contributed by atoms with E-state index < -0.39 is 4.92 Å². The van der Waals surface area contributed by atoms with Crippen molar-refractivity contribution in [2.45, 2.75) is 18.2 Å². The van der Waals surface area contributed by atoms with Gasteiger partial charge in [-0.25, -0.2) is 4.99 Å². The highest BCUT2D eigenvalue weighted by Gasteiger charge is 2.14. The number of aliphatic imine (C=N–C) groups is 2. The SMILES string of the molecule is CCCSc1ccc([N+](=O)[O-])c(N=C(N)N=C(N)N)c1. The van der Waals surface area contributed by atoms with Crippen molar-refractivity contribution in [3.8, 4) is 0 Å². The molecule has 0 aliphatic rings. The lowest BCUT2D eigenvalue weighted by Crippen LogP contribution is -2.26. The van der Waals surface area contributed by atoms with Gasteiger partial charge < -0.3 is 17.2 Å². The quantitative estimate of drug-likeness (QED) is 0.245. The zero-order chi connectivity index (χ0) is 15.1. The van der Waals surface area contributed by atoms with Gasteiger partial charge in [-0.15, -0.1) is 11.8 Å². The van der Waals surface area contributed by atoms with Gasteiger partial charge in [0.05, 0.1) is 4.92 Å². The highest BCUT2D eigenvalue weighted by Crippen LogP contribution is 2.32. The molecule has 9 heteroatoms. The van der Waals surface area contributed by atoms with E-state index in [1.54, 1.807) is 23.9 Å². The molecule has 0 unspecified atom stereocenters. The third-order valence-corrected chi connectivity index (χ3v) is 3.29. The molecule has 1 rings (SSSR count). The summed E-state index contributed by atoms with van der Waals surface area (Å²) in [5, 5.41) is 11.0. The normalized spacial score (nSPS) is 11.2. The molecule has 0 radical (unpaired) electrons. The van der Waals surface area contributed by atoms with E-state index >= 15 is 0 Å². The van der Waals surface area contributed by atoms with Crippen molar-refractivity contribution in [1.29, 1.82) is 0 Å². The van der Waals surface area contributed by atoms with Crippen molar-refractivity contribution < 1.29 is 4.92 Å². The van der Waals surface area contributed by atoms with E-state index in [4.69, 9.17) is 17.2 Å². The minimum atomic E-state index is -0.532. The predicted octanol–water partition coefficient (Wildman–Crippen LogP) is 1.32. The monoisotopic (exact) mass is 296 g/mol. The summed E-state index contributed by atoms with van der Waals surface area (Å²) >= 11 is 1.58. The van der Waals surface area contributed by atoms with Gasteiger partial charge in [0.15, 0.2) is 5.96 Å². The number of guanidine groups is 2. The molecule has 0 atom stereocenters. The lowest BCUT2D eigenvalue weighted by atomic mass is 10.3. The van der Waals surface area contributed by atoms with Crippen LogP contribution in [0.2, 0.25) is 0 Å². The van der Waals surface area contributed by atoms with Gasteiger partial charge in [0, 0.05) is 11.0 Å². The molecule has 0 aromatic heterocycles. The average Bonchev–Trinajstić information content (AvgIpc) is 2.35. The van der Waals surface area contributed by atoms with E-state index in [2.05, 4.69) is 9.98 Å². The number of rotatable bonds is 5. The molecule has 0 bridgehead atoms. The van der Waals surface area contributed by atoms with Crippen LogP contribution < -0.4 is 17.2 Å². The maximum atomic E-state index is 11.0. The van der Waals surface area contributed by atoms with E-state index in [9.17, 15) is 10.1 Å². The van der Waals surface area contributed by atoms with Gasteiger partial charge in [0.1, 0.15) is 5.69 Å². The Hall–Kier alpha value is -2.29. The van der Waals surface area contributed by atoms with E-state index in [1.807, 2.05) is 6.92 Å². The lowest BCUT2D eigenvalue weighted by molar-refractivity contribution is -0.384. The second-order valence-corrected chi connectivity index (χ2v) is 4.93. The second-order valence-electron chi connectivity index (χ2n) is 3.76. The van der Waals surface area contributed by atoms with Crippen LogP contribution in [0.4, 0.5) is 11.4 Å². The Bertz CT molecular complexity index is 554. The Morgan fingerprint density at radius 1 is 1.40 bits per heavy atom. The fourth-order valence-corrected chi connectivity index (χ4v) is 2.14. The Kier molecular flexibility index (Phi) is 5.78. The van der Waals surface area contributed by atoms with Crippen molar-refractivity contribution in [2.24, 2.45) is 27.2 Å². The summed E-state index contributed by atoms with van der Waals surface area (Å²) in [6.45, 7) is 2.05. The van der Waals surface area contributed by atoms with Gasteiger partial charge in [-0.3, -0.25) is 10.1 Å². The standard InChI is InChI=1S/C11H16N6O2S/c1-2-5-20-7-3-4-9(17(18)19)8(6-7)15-11(14)16-10(12)13/h3-4,6H,2,5H2,1H3,(H6,12,13,14,15,16). The zero-order valence-electron chi connectivity index (χ0n) is 10.9. The minimum Gasteiger partial charge on any atom is -0.370 e. The molecule has 0 fully saturated rings. The van der Waals surface area contributed by atoms with E-state index in [-0.39, 0.29) is 23.3 Å². The molecule has 0 amide bonds. The molecule has 108 valence electrons. The lowest BCUT2D eigenvalue weighted by Gasteiger charge is -2.03. The van der Waals surface area contributed by atoms with Crippen molar-refractivity contribution in [2.75, 3.05) is 5.75 Å². The number of benzene rings is 1. The van der Waals surface area contributed by atoms with Crippen LogP contribution in [-0.2, 0) is 0 Å². The topological polar surface area (TPSA) is 146 Å². The summed E-state index contributed by atoms with van der Waals surface area (Å²) in [7, 11) is 0. The van der Waals surface area contributed by atoms with Crippen LogP contribution in [-0.4, -0.2) is 22.6 Å². The van der Waals surface area contributed by atoms with Crippen molar-refractivity contribution in [3.63, 3.8) is 0 Å².